The fourth-order valence-electron chi connectivity index (χ4n) is 0.373. The van der Waals surface area contributed by atoms with Crippen molar-refractivity contribution in [3.05, 3.63) is 0 Å². The molecule has 0 aliphatic carbocycles. The number of nitrogens with one attached hydrogen (secondary N) is 1. The first-order valence-electron chi connectivity index (χ1n) is 3.12. The van der Waals surface area contributed by atoms with Gasteiger partial charge < -0.3 is 11.1 Å². The number of carbonyl (C=O) groups excluding carboxylic acids is 2. The summed E-state index contributed by atoms with van der Waals surface area (Å²) < 4.78 is 0. The minimum absolute atomic E-state index is 0.0823. The normalized spacial score (nSPS) is 12.2. The Morgan fingerprint density at radius 3 is 2.91 bits per heavy atom. The van der Waals surface area contributed by atoms with Crippen LogP contribution >= 0.6 is 11.8 Å². The summed E-state index contributed by atoms with van der Waals surface area (Å²) in [6.07, 6.45) is 1.65. The molecule has 0 saturated heterocycles. The molecule has 0 bridgehead atoms. The van der Waals surface area contributed by atoms with E-state index in [1.54, 1.807) is 6.29 Å². The Labute approximate surface area is 69.9 Å². The Morgan fingerprint density at radius 1 is 1.82 bits per heavy atom. The lowest BCUT2D eigenvalue weighted by atomic mass is 10.4. The Bertz CT molecular complexity index is 141. The molecule has 0 aromatic heterocycles. The van der Waals surface area contributed by atoms with Crippen LogP contribution in [0.5, 0.6) is 0 Å². The first-order chi connectivity index (χ1) is 5.16. The summed E-state index contributed by atoms with van der Waals surface area (Å²) in [6.45, 7) is 1.44. The molecular formula is C6H11N2O2S. The molecule has 0 heterocycles. The smallest absolute Gasteiger partial charge is 0.217 e. The Morgan fingerprint density at radius 2 is 2.45 bits per heavy atom. The summed E-state index contributed by atoms with van der Waals surface area (Å²) >= 11 is 1.39. The maximum atomic E-state index is 10.3. The third kappa shape index (κ3) is 7.35. The topological polar surface area (TPSA) is 72.2 Å². The molecule has 1 atom stereocenters. The molecule has 63 valence electrons. The van der Waals surface area contributed by atoms with Gasteiger partial charge in [-0.1, -0.05) is 0 Å². The SMILES string of the molecule is CC(=O)NCSCC(N)[C]=O. The predicted octanol–water partition coefficient (Wildman–Crippen LogP) is -0.750. The number of hydrogen-bond donors (Lipinski definition) is 2. The zero-order chi connectivity index (χ0) is 8.69. The van der Waals surface area contributed by atoms with Gasteiger partial charge in [-0.2, -0.15) is 0 Å². The van der Waals surface area contributed by atoms with Crippen LogP contribution in [0.4, 0.5) is 0 Å². The Balaban J connectivity index is 3.14. The number of hydrogen-bond acceptors (Lipinski definition) is 4. The summed E-state index contributed by atoms with van der Waals surface area (Å²) in [7, 11) is 0. The molecule has 3 N–H and O–H groups in total. The molecule has 0 fully saturated rings. The van der Waals surface area contributed by atoms with Crippen LogP contribution < -0.4 is 11.1 Å². The number of amides is 1. The van der Waals surface area contributed by atoms with Crippen LogP contribution in [0.1, 0.15) is 6.92 Å². The molecule has 0 aliphatic heterocycles. The van der Waals surface area contributed by atoms with Gasteiger partial charge in [-0.15, -0.1) is 11.8 Å². The van der Waals surface area contributed by atoms with Gasteiger partial charge in [0.1, 0.15) is 0 Å². The van der Waals surface area contributed by atoms with Crippen molar-refractivity contribution in [1.29, 1.82) is 0 Å². The molecule has 0 saturated carbocycles. The van der Waals surface area contributed by atoms with E-state index in [1.165, 1.54) is 18.7 Å². The predicted molar refractivity (Wildman–Crippen MR) is 44.8 cm³/mol. The van der Waals surface area contributed by atoms with E-state index in [4.69, 9.17) is 5.73 Å². The molecule has 1 amide bonds. The van der Waals surface area contributed by atoms with Crippen LogP contribution in [0.15, 0.2) is 0 Å². The van der Waals surface area contributed by atoms with Crippen molar-refractivity contribution in [2.75, 3.05) is 11.6 Å². The van der Waals surface area contributed by atoms with Crippen LogP contribution in [-0.4, -0.2) is 29.9 Å². The zero-order valence-electron chi connectivity index (χ0n) is 6.29. The van der Waals surface area contributed by atoms with Crippen molar-refractivity contribution in [2.45, 2.75) is 13.0 Å². The third-order valence-corrected chi connectivity index (χ3v) is 1.82. The minimum atomic E-state index is -0.547. The highest BCUT2D eigenvalue weighted by molar-refractivity contribution is 7.99. The molecule has 1 radical (unpaired) electrons. The lowest BCUT2D eigenvalue weighted by Gasteiger charge is -2.02. The lowest BCUT2D eigenvalue weighted by Crippen LogP contribution is -2.26. The molecule has 1 unspecified atom stereocenters. The summed E-state index contributed by atoms with van der Waals surface area (Å²) in [4.78, 5) is 20.2. The summed E-state index contributed by atoms with van der Waals surface area (Å²) in [5, 5.41) is 2.56. The molecule has 11 heavy (non-hydrogen) atoms. The molecule has 0 aromatic rings. The van der Waals surface area contributed by atoms with Crippen molar-refractivity contribution in [3.63, 3.8) is 0 Å². The van der Waals surface area contributed by atoms with Crippen molar-refractivity contribution in [2.24, 2.45) is 5.73 Å². The van der Waals surface area contributed by atoms with Gasteiger partial charge in [-0.05, 0) is 0 Å². The van der Waals surface area contributed by atoms with Crippen molar-refractivity contribution in [3.8, 4) is 0 Å². The molecule has 0 rings (SSSR count). The zero-order valence-corrected chi connectivity index (χ0v) is 7.11. The number of carbonyl (C=O) groups is 1. The van der Waals surface area contributed by atoms with Crippen molar-refractivity contribution < 1.29 is 9.59 Å². The highest BCUT2D eigenvalue weighted by Gasteiger charge is 2.00. The Hall–Kier alpha value is -0.550. The van der Waals surface area contributed by atoms with E-state index in [9.17, 15) is 9.59 Å². The Kier molecular flexibility index (Phi) is 5.87. The van der Waals surface area contributed by atoms with Gasteiger partial charge in [0.05, 0.1) is 11.9 Å². The van der Waals surface area contributed by atoms with E-state index in [1.807, 2.05) is 0 Å². The summed E-state index contributed by atoms with van der Waals surface area (Å²) in [5.74, 6) is 0.898. The standard InChI is InChI=1S/C6H11N2O2S/c1-5(10)8-4-11-3-6(7)2-9/h6H,3-4,7H2,1H3,(H,8,10). The van der Waals surface area contributed by atoms with Crippen LogP contribution in [0.3, 0.4) is 0 Å². The molecule has 0 aliphatic rings. The largest absolute Gasteiger partial charge is 0.347 e. The van der Waals surface area contributed by atoms with E-state index in [0.717, 1.165) is 0 Å². The average molecular weight is 175 g/mol. The second-order valence-electron chi connectivity index (χ2n) is 1.97. The lowest BCUT2D eigenvalue weighted by molar-refractivity contribution is -0.118. The molecular weight excluding hydrogens is 164 g/mol. The van der Waals surface area contributed by atoms with E-state index in [2.05, 4.69) is 5.32 Å². The first-order valence-corrected chi connectivity index (χ1v) is 4.27. The van der Waals surface area contributed by atoms with E-state index in [0.29, 0.717) is 11.6 Å². The van der Waals surface area contributed by atoms with E-state index < -0.39 is 6.04 Å². The highest BCUT2D eigenvalue weighted by Crippen LogP contribution is 1.96. The van der Waals surface area contributed by atoms with Crippen molar-refractivity contribution in [1.82, 2.24) is 5.32 Å². The number of nitrogens with two attached hydrogens (primary N) is 1. The van der Waals surface area contributed by atoms with E-state index in [-0.39, 0.29) is 5.91 Å². The summed E-state index contributed by atoms with van der Waals surface area (Å²) in [6, 6.07) is -0.547. The van der Waals surface area contributed by atoms with Crippen LogP contribution in [0.2, 0.25) is 0 Å². The first kappa shape index (κ1) is 10.4. The minimum Gasteiger partial charge on any atom is -0.347 e. The van der Waals surface area contributed by atoms with Gasteiger partial charge in [0.2, 0.25) is 12.2 Å². The summed E-state index contributed by atoms with van der Waals surface area (Å²) in [5.41, 5.74) is 5.23. The van der Waals surface area contributed by atoms with Gasteiger partial charge in [0.25, 0.3) is 0 Å². The molecule has 0 aromatic carbocycles. The maximum Gasteiger partial charge on any atom is 0.217 e. The fourth-order valence-corrected chi connectivity index (χ4v) is 1.12. The van der Waals surface area contributed by atoms with Gasteiger partial charge in [0, 0.05) is 12.7 Å². The van der Waals surface area contributed by atoms with Gasteiger partial charge in [-0.3, -0.25) is 9.59 Å². The monoisotopic (exact) mass is 175 g/mol. The van der Waals surface area contributed by atoms with Crippen LogP contribution in [-0.2, 0) is 9.59 Å². The second kappa shape index (κ2) is 6.18. The highest BCUT2D eigenvalue weighted by atomic mass is 32.2. The molecule has 0 spiro atoms. The number of rotatable bonds is 5. The van der Waals surface area contributed by atoms with Gasteiger partial charge >= 0.3 is 0 Å². The van der Waals surface area contributed by atoms with Crippen molar-refractivity contribution >= 4 is 24.0 Å². The third-order valence-electron chi connectivity index (χ3n) is 0.872. The molecule has 4 nitrogen and oxygen atoms in total. The maximum absolute atomic E-state index is 10.3. The van der Waals surface area contributed by atoms with Gasteiger partial charge in [0.15, 0.2) is 0 Å². The van der Waals surface area contributed by atoms with E-state index >= 15 is 0 Å². The number of thioether (sulfide) groups is 1. The van der Waals surface area contributed by atoms with Gasteiger partial charge in [-0.25, -0.2) is 0 Å². The van der Waals surface area contributed by atoms with Crippen LogP contribution in [0, 0.1) is 0 Å². The fraction of sp³-hybridized carbons (Fsp3) is 0.667. The quantitative estimate of drug-likeness (QED) is 0.426. The second-order valence-corrected chi connectivity index (χ2v) is 3.00. The molecule has 5 heteroatoms. The average Bonchev–Trinajstić information content (AvgIpc) is 1.97. The van der Waals surface area contributed by atoms with Crippen LogP contribution in [0.25, 0.3) is 0 Å².